The number of aryl methyl sites for hydroxylation is 2. The van der Waals surface area contributed by atoms with Gasteiger partial charge in [-0.2, -0.15) is 0 Å². The van der Waals surface area contributed by atoms with Gasteiger partial charge in [0.15, 0.2) is 0 Å². The van der Waals surface area contributed by atoms with Crippen LogP contribution in [-0.4, -0.2) is 17.1 Å². The Hall–Kier alpha value is -1.64. The van der Waals surface area contributed by atoms with Crippen molar-refractivity contribution in [3.63, 3.8) is 0 Å². The van der Waals surface area contributed by atoms with Crippen LogP contribution in [0, 0.1) is 13.8 Å². The van der Waals surface area contributed by atoms with Gasteiger partial charge in [0.05, 0.1) is 7.11 Å². The van der Waals surface area contributed by atoms with Crippen LogP contribution in [0.5, 0.6) is 5.75 Å². The molecule has 0 unspecified atom stereocenters. The Morgan fingerprint density at radius 3 is 1.92 bits per heavy atom. The van der Waals surface area contributed by atoms with E-state index >= 15 is 0 Å². The van der Waals surface area contributed by atoms with Gasteiger partial charge in [-0.1, -0.05) is 77.3 Å². The zero-order valence-electron chi connectivity index (χ0n) is 16.2. The second-order valence-corrected chi connectivity index (χ2v) is 6.39. The summed E-state index contributed by atoms with van der Waals surface area (Å²) in [5.41, 5.74) is 1.98. The van der Waals surface area contributed by atoms with Crippen molar-refractivity contribution in [3.05, 3.63) is 29.7 Å². The minimum atomic E-state index is 0.765. The van der Waals surface area contributed by atoms with Crippen molar-refractivity contribution in [2.24, 2.45) is 0 Å². The van der Waals surface area contributed by atoms with E-state index < -0.39 is 0 Å². The number of methoxy groups -OCH3 is 1. The summed E-state index contributed by atoms with van der Waals surface area (Å²) in [6, 6.07) is 4.02. The molecule has 0 radical (unpaired) electrons. The summed E-state index contributed by atoms with van der Waals surface area (Å²) in [5.74, 6) is 1.61. The number of nitrogens with zero attached hydrogens (tertiary/aromatic N) is 2. The first-order valence-electron chi connectivity index (χ1n) is 9.40. The summed E-state index contributed by atoms with van der Waals surface area (Å²) in [5, 5.41) is 1.01. The third-order valence-electron chi connectivity index (χ3n) is 4.23. The zero-order chi connectivity index (χ0) is 17.8. The van der Waals surface area contributed by atoms with Gasteiger partial charge in [-0.25, -0.2) is 9.97 Å². The molecular weight excluding hydrogens is 296 g/mol. The summed E-state index contributed by atoms with van der Waals surface area (Å²) < 4.78 is 5.32. The first kappa shape index (κ1) is 20.4. The van der Waals surface area contributed by atoms with Crippen LogP contribution in [0.1, 0.15) is 76.6 Å². The molecule has 3 rings (SSSR count). The minimum Gasteiger partial charge on any atom is -0.494 e. The molecule has 0 bridgehead atoms. The normalized spacial score (nSPS) is 13.4. The molecule has 1 fully saturated rings. The molecule has 3 nitrogen and oxygen atoms in total. The Morgan fingerprint density at radius 1 is 0.917 bits per heavy atom. The topological polar surface area (TPSA) is 35.0 Å². The number of hydrogen-bond donors (Lipinski definition) is 0. The molecule has 1 aliphatic carbocycles. The quantitative estimate of drug-likeness (QED) is 0.639. The van der Waals surface area contributed by atoms with Gasteiger partial charge in [-0.3, -0.25) is 0 Å². The Labute approximate surface area is 147 Å². The number of ether oxygens (including phenoxy) is 1. The van der Waals surface area contributed by atoms with Crippen LogP contribution in [0.25, 0.3) is 10.9 Å². The summed E-state index contributed by atoms with van der Waals surface area (Å²) in [7, 11) is 1.67. The third kappa shape index (κ3) is 6.86. The highest BCUT2D eigenvalue weighted by atomic mass is 16.5. The molecule has 1 aromatic carbocycles. The van der Waals surface area contributed by atoms with Crippen LogP contribution >= 0.6 is 0 Å². The Kier molecular flexibility index (Phi) is 10.1. The van der Waals surface area contributed by atoms with Crippen molar-refractivity contribution < 1.29 is 4.74 Å². The smallest absolute Gasteiger partial charge is 0.148 e. The molecule has 3 heteroatoms. The fraction of sp³-hybridized carbons (Fsp3) is 0.619. The van der Waals surface area contributed by atoms with Crippen LogP contribution in [0.4, 0.5) is 0 Å². The van der Waals surface area contributed by atoms with Crippen molar-refractivity contribution in [2.75, 3.05) is 7.11 Å². The first-order valence-corrected chi connectivity index (χ1v) is 9.40. The lowest BCUT2D eigenvalue weighted by Crippen LogP contribution is -1.94. The molecule has 0 spiro atoms. The standard InChI is InChI=1S/C11H12N2O.C6H12.C4H10/c1-7-4-5-9-6-12-8(2)13-10(9)11(7)14-3;1-2-4-6-5-3-1;1-3-4-2/h4-6H,1-3H3;1-6H2;3-4H2,1-2H3. The van der Waals surface area contributed by atoms with Crippen LogP contribution < -0.4 is 4.74 Å². The van der Waals surface area contributed by atoms with E-state index in [1.54, 1.807) is 7.11 Å². The monoisotopic (exact) mass is 330 g/mol. The molecular formula is C21H34N2O. The summed E-state index contributed by atoms with van der Waals surface area (Å²) in [4.78, 5) is 8.52. The Bertz CT molecular complexity index is 573. The lowest BCUT2D eigenvalue weighted by atomic mass is 10.0. The van der Waals surface area contributed by atoms with Gasteiger partial charge >= 0.3 is 0 Å². The average Bonchev–Trinajstić information content (AvgIpc) is 2.64. The van der Waals surface area contributed by atoms with E-state index in [0.29, 0.717) is 0 Å². The molecule has 0 atom stereocenters. The van der Waals surface area contributed by atoms with E-state index in [-0.39, 0.29) is 0 Å². The molecule has 1 heterocycles. The second-order valence-electron chi connectivity index (χ2n) is 6.39. The van der Waals surface area contributed by atoms with Gasteiger partial charge in [0.2, 0.25) is 0 Å². The number of unbranched alkanes of at least 4 members (excludes halogenated alkanes) is 1. The number of hydrogen-bond acceptors (Lipinski definition) is 3. The van der Waals surface area contributed by atoms with Crippen LogP contribution in [0.2, 0.25) is 0 Å². The molecule has 24 heavy (non-hydrogen) atoms. The molecule has 1 aliphatic rings. The minimum absolute atomic E-state index is 0.765. The van der Waals surface area contributed by atoms with Crippen molar-refractivity contribution in [1.82, 2.24) is 9.97 Å². The predicted octanol–water partition coefficient (Wildman–Crippen LogP) is 6.40. The van der Waals surface area contributed by atoms with Gasteiger partial charge in [0.25, 0.3) is 0 Å². The van der Waals surface area contributed by atoms with Crippen molar-refractivity contribution in [1.29, 1.82) is 0 Å². The number of aromatic nitrogens is 2. The maximum atomic E-state index is 5.32. The summed E-state index contributed by atoms with van der Waals surface area (Å²) in [6.07, 6.45) is 13.5. The van der Waals surface area contributed by atoms with Gasteiger partial charge in [-0.05, 0) is 19.4 Å². The van der Waals surface area contributed by atoms with E-state index in [2.05, 4.69) is 23.8 Å². The van der Waals surface area contributed by atoms with Crippen LogP contribution in [0.3, 0.4) is 0 Å². The zero-order valence-corrected chi connectivity index (χ0v) is 16.2. The van der Waals surface area contributed by atoms with Gasteiger partial charge in [0, 0.05) is 11.6 Å². The number of rotatable bonds is 2. The number of benzene rings is 1. The molecule has 1 saturated carbocycles. The van der Waals surface area contributed by atoms with Crippen molar-refractivity contribution in [2.45, 2.75) is 79.1 Å². The third-order valence-corrected chi connectivity index (χ3v) is 4.23. The Balaban J connectivity index is 0.000000238. The summed E-state index contributed by atoms with van der Waals surface area (Å²) >= 11 is 0. The largest absolute Gasteiger partial charge is 0.494 e. The SMILES string of the molecule is C1CCCCC1.CCCC.COc1c(C)ccc2cnc(C)nc12. The molecule has 0 saturated heterocycles. The van der Waals surface area contributed by atoms with Crippen LogP contribution in [-0.2, 0) is 0 Å². The maximum Gasteiger partial charge on any atom is 0.148 e. The molecule has 1 aromatic heterocycles. The lowest BCUT2D eigenvalue weighted by molar-refractivity contribution is 0.415. The highest BCUT2D eigenvalue weighted by Crippen LogP contribution is 2.26. The lowest BCUT2D eigenvalue weighted by Gasteiger charge is -2.07. The highest BCUT2D eigenvalue weighted by Gasteiger charge is 2.06. The highest BCUT2D eigenvalue weighted by molar-refractivity contribution is 5.85. The van der Waals surface area contributed by atoms with Crippen LogP contribution in [0.15, 0.2) is 18.3 Å². The fourth-order valence-electron chi connectivity index (χ4n) is 2.58. The first-order chi connectivity index (χ1) is 11.6. The van der Waals surface area contributed by atoms with E-state index in [1.807, 2.05) is 32.2 Å². The van der Waals surface area contributed by atoms with E-state index in [4.69, 9.17) is 4.74 Å². The van der Waals surface area contributed by atoms with E-state index in [1.165, 1.54) is 51.4 Å². The number of fused-ring (bicyclic) bond motifs is 1. The molecule has 0 amide bonds. The van der Waals surface area contributed by atoms with Gasteiger partial charge in [-0.15, -0.1) is 0 Å². The van der Waals surface area contributed by atoms with Gasteiger partial charge in [0.1, 0.15) is 17.1 Å². The predicted molar refractivity (Wildman–Crippen MR) is 104 cm³/mol. The molecule has 2 aromatic rings. The fourth-order valence-corrected chi connectivity index (χ4v) is 2.58. The second kappa shape index (κ2) is 11.8. The van der Waals surface area contributed by atoms with Gasteiger partial charge < -0.3 is 4.74 Å². The van der Waals surface area contributed by atoms with E-state index in [0.717, 1.165) is 28.0 Å². The molecule has 0 aliphatic heterocycles. The van der Waals surface area contributed by atoms with E-state index in [9.17, 15) is 0 Å². The average molecular weight is 331 g/mol. The molecule has 134 valence electrons. The van der Waals surface area contributed by atoms with Crippen molar-refractivity contribution >= 4 is 10.9 Å². The Morgan fingerprint density at radius 2 is 1.46 bits per heavy atom. The van der Waals surface area contributed by atoms with Crippen molar-refractivity contribution in [3.8, 4) is 5.75 Å². The molecule has 0 N–H and O–H groups in total. The maximum absolute atomic E-state index is 5.32. The summed E-state index contributed by atoms with van der Waals surface area (Å²) in [6.45, 7) is 8.25.